The second-order valence-corrected chi connectivity index (χ2v) is 10.2. The lowest BCUT2D eigenvalue weighted by molar-refractivity contribution is -0.435. The molecule has 2 aliphatic heterocycles. The molecule has 0 aromatic carbocycles. The second-order valence-electron chi connectivity index (χ2n) is 10.2. The summed E-state index contributed by atoms with van der Waals surface area (Å²) in [5, 5.41) is 81.6. The standard InChI is InChI=1S/C25H48O11/c1-2-3-4-5-6-7-8-9-10-11-12-13-24(23(33)21(31)19(29)17(14-26)34-24)36-25(16-28)22(32)20(30)18(15-27)35-25/h17-23,26-33H,2-16H2,1H3/t17-,18-,19-,20-,21+,22+,23-,24+,25?/m1/s1. The molecule has 0 aromatic heterocycles. The Morgan fingerprint density at radius 3 is 1.50 bits per heavy atom. The van der Waals surface area contributed by atoms with Crippen molar-refractivity contribution in [1.29, 1.82) is 0 Å². The summed E-state index contributed by atoms with van der Waals surface area (Å²) in [5.74, 6) is -4.34. The fourth-order valence-corrected chi connectivity index (χ4v) is 5.13. The maximum atomic E-state index is 10.9. The van der Waals surface area contributed by atoms with E-state index >= 15 is 0 Å². The Labute approximate surface area is 213 Å². The molecule has 0 aliphatic carbocycles. The number of aliphatic hydroxyl groups is 8. The molecule has 0 spiro atoms. The number of rotatable bonds is 17. The predicted octanol–water partition coefficient (Wildman–Crippen LogP) is -0.324. The van der Waals surface area contributed by atoms with Gasteiger partial charge in [-0.05, 0) is 6.42 Å². The zero-order chi connectivity index (χ0) is 26.8. The van der Waals surface area contributed by atoms with Gasteiger partial charge in [0.2, 0.25) is 11.6 Å². The van der Waals surface area contributed by atoms with Gasteiger partial charge in [-0.2, -0.15) is 0 Å². The van der Waals surface area contributed by atoms with Gasteiger partial charge in [0.1, 0.15) is 49.3 Å². The normalized spacial score (nSPS) is 39.1. The third-order valence-corrected chi connectivity index (χ3v) is 7.42. The molecule has 0 amide bonds. The fourth-order valence-electron chi connectivity index (χ4n) is 5.13. The molecule has 11 nitrogen and oxygen atoms in total. The fraction of sp³-hybridized carbons (Fsp3) is 1.00. The number of hydrogen-bond acceptors (Lipinski definition) is 11. The predicted molar refractivity (Wildman–Crippen MR) is 129 cm³/mol. The van der Waals surface area contributed by atoms with E-state index in [2.05, 4.69) is 6.92 Å². The summed E-state index contributed by atoms with van der Waals surface area (Å²) < 4.78 is 17.1. The van der Waals surface area contributed by atoms with Gasteiger partial charge >= 0.3 is 0 Å². The molecular formula is C25H48O11. The van der Waals surface area contributed by atoms with Crippen LogP contribution in [-0.4, -0.2) is 115 Å². The van der Waals surface area contributed by atoms with E-state index in [1.54, 1.807) is 0 Å². The van der Waals surface area contributed by atoms with Gasteiger partial charge in [-0.3, -0.25) is 0 Å². The van der Waals surface area contributed by atoms with Crippen molar-refractivity contribution in [3.05, 3.63) is 0 Å². The van der Waals surface area contributed by atoms with Crippen LogP contribution < -0.4 is 0 Å². The van der Waals surface area contributed by atoms with Crippen molar-refractivity contribution in [2.45, 2.75) is 138 Å². The molecule has 214 valence electrons. The van der Waals surface area contributed by atoms with Crippen molar-refractivity contribution in [2.75, 3.05) is 19.8 Å². The van der Waals surface area contributed by atoms with Crippen molar-refractivity contribution < 1.29 is 55.1 Å². The van der Waals surface area contributed by atoms with Gasteiger partial charge in [0.05, 0.1) is 13.2 Å². The van der Waals surface area contributed by atoms with E-state index in [1.165, 1.54) is 38.5 Å². The maximum Gasteiger partial charge on any atom is 0.224 e. The van der Waals surface area contributed by atoms with Crippen LogP contribution in [-0.2, 0) is 14.2 Å². The number of hydrogen-bond donors (Lipinski definition) is 8. The highest BCUT2D eigenvalue weighted by molar-refractivity contribution is 5.02. The first-order chi connectivity index (χ1) is 17.2. The van der Waals surface area contributed by atoms with Crippen LogP contribution in [0.4, 0.5) is 0 Å². The first-order valence-electron chi connectivity index (χ1n) is 13.5. The average Bonchev–Trinajstić information content (AvgIpc) is 3.12. The monoisotopic (exact) mass is 524 g/mol. The molecule has 2 aliphatic rings. The van der Waals surface area contributed by atoms with E-state index in [0.29, 0.717) is 6.42 Å². The molecule has 0 saturated carbocycles. The van der Waals surface area contributed by atoms with Crippen molar-refractivity contribution in [1.82, 2.24) is 0 Å². The minimum atomic E-state index is -2.27. The Morgan fingerprint density at radius 1 is 0.583 bits per heavy atom. The summed E-state index contributed by atoms with van der Waals surface area (Å²) in [4.78, 5) is 0. The van der Waals surface area contributed by atoms with Gasteiger partial charge in [0.25, 0.3) is 0 Å². The summed E-state index contributed by atoms with van der Waals surface area (Å²) in [5.41, 5.74) is 0. The minimum Gasteiger partial charge on any atom is -0.394 e. The Balaban J connectivity index is 2.03. The van der Waals surface area contributed by atoms with E-state index in [4.69, 9.17) is 14.2 Å². The number of ether oxygens (including phenoxy) is 3. The SMILES string of the molecule is CCCCCCCCCCCCC[C@@]1(OC2(CO)O[C@H](CO)[C@@H](O)[C@@H]2O)O[C@H](CO)[C@@H](O)[C@H](O)[C@H]1O. The van der Waals surface area contributed by atoms with Crippen molar-refractivity contribution in [3.63, 3.8) is 0 Å². The van der Waals surface area contributed by atoms with E-state index < -0.39 is 74.1 Å². The van der Waals surface area contributed by atoms with Gasteiger partial charge in [-0.15, -0.1) is 0 Å². The summed E-state index contributed by atoms with van der Waals surface area (Å²) in [6.07, 6.45) is 0.595. The molecule has 36 heavy (non-hydrogen) atoms. The third-order valence-electron chi connectivity index (χ3n) is 7.42. The number of unbranched alkanes of at least 4 members (excludes halogenated alkanes) is 10. The van der Waals surface area contributed by atoms with Crippen LogP contribution in [0.2, 0.25) is 0 Å². The molecule has 9 atom stereocenters. The maximum absolute atomic E-state index is 10.9. The lowest BCUT2D eigenvalue weighted by Gasteiger charge is -2.51. The van der Waals surface area contributed by atoms with E-state index in [0.717, 1.165) is 25.7 Å². The lowest BCUT2D eigenvalue weighted by Crippen LogP contribution is -2.69. The van der Waals surface area contributed by atoms with Crippen LogP contribution >= 0.6 is 0 Å². The van der Waals surface area contributed by atoms with Crippen LogP contribution in [0, 0.1) is 0 Å². The highest BCUT2D eigenvalue weighted by Crippen LogP contribution is 2.43. The smallest absolute Gasteiger partial charge is 0.224 e. The van der Waals surface area contributed by atoms with E-state index in [-0.39, 0.29) is 6.42 Å². The summed E-state index contributed by atoms with van der Waals surface area (Å²) >= 11 is 0. The van der Waals surface area contributed by atoms with Crippen molar-refractivity contribution >= 4 is 0 Å². The van der Waals surface area contributed by atoms with E-state index in [9.17, 15) is 40.9 Å². The molecule has 1 unspecified atom stereocenters. The van der Waals surface area contributed by atoms with Crippen molar-refractivity contribution in [3.8, 4) is 0 Å². The topological polar surface area (TPSA) is 190 Å². The summed E-state index contributed by atoms with van der Waals surface area (Å²) in [6.45, 7) is -0.119. The van der Waals surface area contributed by atoms with Gasteiger partial charge in [-0.1, -0.05) is 71.1 Å². The third kappa shape index (κ3) is 7.57. The van der Waals surface area contributed by atoms with Gasteiger partial charge in [0, 0.05) is 6.42 Å². The average molecular weight is 525 g/mol. The highest BCUT2D eigenvalue weighted by Gasteiger charge is 2.63. The van der Waals surface area contributed by atoms with Gasteiger partial charge in [0.15, 0.2) is 0 Å². The molecule has 0 bridgehead atoms. The molecular weight excluding hydrogens is 476 g/mol. The molecule has 0 aromatic rings. The van der Waals surface area contributed by atoms with Gasteiger partial charge < -0.3 is 55.1 Å². The Bertz CT molecular complexity index is 609. The highest BCUT2D eigenvalue weighted by atomic mass is 16.8. The van der Waals surface area contributed by atoms with E-state index in [1.807, 2.05) is 0 Å². The molecule has 0 radical (unpaired) electrons. The Morgan fingerprint density at radius 2 is 1.03 bits per heavy atom. The lowest BCUT2D eigenvalue weighted by atomic mass is 9.88. The van der Waals surface area contributed by atoms with Crippen LogP contribution in [0.15, 0.2) is 0 Å². The Kier molecular flexibility index (Phi) is 13.4. The molecule has 11 heteroatoms. The minimum absolute atomic E-state index is 0.0107. The molecule has 2 heterocycles. The zero-order valence-corrected chi connectivity index (χ0v) is 21.5. The molecule has 8 N–H and O–H groups in total. The van der Waals surface area contributed by atoms with Crippen molar-refractivity contribution in [2.24, 2.45) is 0 Å². The zero-order valence-electron chi connectivity index (χ0n) is 21.5. The van der Waals surface area contributed by atoms with Crippen LogP contribution in [0.3, 0.4) is 0 Å². The number of aliphatic hydroxyl groups excluding tert-OH is 8. The quantitative estimate of drug-likeness (QED) is 0.116. The molecule has 2 fully saturated rings. The molecule has 2 saturated heterocycles. The Hall–Kier alpha value is -0.440. The van der Waals surface area contributed by atoms with Crippen LogP contribution in [0.5, 0.6) is 0 Å². The summed E-state index contributed by atoms with van der Waals surface area (Å²) in [6, 6.07) is 0. The first-order valence-corrected chi connectivity index (χ1v) is 13.5. The first kappa shape index (κ1) is 31.8. The second kappa shape index (κ2) is 15.2. The van der Waals surface area contributed by atoms with Gasteiger partial charge in [-0.25, -0.2) is 0 Å². The molecule has 2 rings (SSSR count). The van der Waals surface area contributed by atoms with Crippen LogP contribution in [0.25, 0.3) is 0 Å². The largest absolute Gasteiger partial charge is 0.394 e. The summed E-state index contributed by atoms with van der Waals surface area (Å²) in [7, 11) is 0. The van der Waals surface area contributed by atoms with Crippen LogP contribution in [0.1, 0.15) is 84.0 Å².